The second-order valence-corrected chi connectivity index (χ2v) is 4.70. The van der Waals surface area contributed by atoms with Gasteiger partial charge in [0.1, 0.15) is 0 Å². The van der Waals surface area contributed by atoms with Gasteiger partial charge in [0.05, 0.1) is 19.4 Å². The molecule has 0 bridgehead atoms. The van der Waals surface area contributed by atoms with Crippen LogP contribution in [0.4, 0.5) is 0 Å². The summed E-state index contributed by atoms with van der Waals surface area (Å²) < 4.78 is 7.08. The van der Waals surface area contributed by atoms with Crippen molar-refractivity contribution in [3.63, 3.8) is 0 Å². The Bertz CT molecular complexity index is 408. The molecule has 1 atom stereocenters. The summed E-state index contributed by atoms with van der Waals surface area (Å²) in [6.07, 6.45) is 4.19. The zero-order valence-corrected chi connectivity index (χ0v) is 13.4. The molecule has 1 aliphatic rings. The fourth-order valence-corrected chi connectivity index (χ4v) is 2.03. The molecule has 1 fully saturated rings. The van der Waals surface area contributed by atoms with Crippen LogP contribution in [0, 0.1) is 0 Å². The lowest BCUT2D eigenvalue weighted by atomic mass is 10.2. The first-order chi connectivity index (χ1) is 8.65. The van der Waals surface area contributed by atoms with Crippen molar-refractivity contribution in [2.45, 2.75) is 19.0 Å². The molecule has 0 spiro atoms. The van der Waals surface area contributed by atoms with Crippen LogP contribution in [0.3, 0.4) is 0 Å². The van der Waals surface area contributed by atoms with E-state index >= 15 is 0 Å². The number of carbonyl (C=O) groups excluding carboxylic acids is 1. The lowest BCUT2D eigenvalue weighted by Gasteiger charge is -2.25. The largest absolute Gasteiger partial charge is 0.378 e. The molecule has 1 aromatic heterocycles. The molecule has 20 heavy (non-hydrogen) atoms. The topological polar surface area (TPSA) is 59.4 Å². The molecule has 8 heteroatoms. The van der Waals surface area contributed by atoms with Gasteiger partial charge in [0.2, 0.25) is 5.91 Å². The highest BCUT2D eigenvalue weighted by Gasteiger charge is 2.19. The highest BCUT2D eigenvalue weighted by molar-refractivity contribution is 5.85. The van der Waals surface area contributed by atoms with Gasteiger partial charge < -0.3 is 15.0 Å². The third-order valence-electron chi connectivity index (χ3n) is 3.02. The second kappa shape index (κ2) is 9.18. The van der Waals surface area contributed by atoms with Crippen molar-refractivity contribution in [3.05, 3.63) is 18.0 Å². The second-order valence-electron chi connectivity index (χ2n) is 4.70. The number of rotatable bonds is 4. The maximum atomic E-state index is 12.0. The first-order valence-electron chi connectivity index (χ1n) is 6.18. The van der Waals surface area contributed by atoms with Crippen molar-refractivity contribution in [1.29, 1.82) is 0 Å². The van der Waals surface area contributed by atoms with Gasteiger partial charge in [0.25, 0.3) is 0 Å². The highest BCUT2D eigenvalue weighted by Crippen LogP contribution is 2.06. The first-order valence-corrected chi connectivity index (χ1v) is 6.18. The van der Waals surface area contributed by atoms with Gasteiger partial charge in [-0.1, -0.05) is 0 Å². The fraction of sp³-hybridized carbons (Fsp3) is 0.667. The summed E-state index contributed by atoms with van der Waals surface area (Å²) in [7, 11) is 3.69. The van der Waals surface area contributed by atoms with Crippen LogP contribution >= 0.6 is 24.8 Å². The lowest BCUT2D eigenvalue weighted by molar-refractivity contribution is -0.131. The SMILES string of the molecule is CN(Cc1cnn(C)c1)C(=O)CC1COCCN1.Cl.Cl. The molecule has 0 radical (unpaired) electrons. The monoisotopic (exact) mass is 324 g/mol. The molecule has 2 heterocycles. The van der Waals surface area contributed by atoms with Crippen molar-refractivity contribution in [2.24, 2.45) is 7.05 Å². The number of hydrogen-bond donors (Lipinski definition) is 1. The molecule has 0 aliphatic carbocycles. The van der Waals surface area contributed by atoms with Gasteiger partial charge in [0.15, 0.2) is 0 Å². The van der Waals surface area contributed by atoms with E-state index in [-0.39, 0.29) is 36.8 Å². The van der Waals surface area contributed by atoms with Gasteiger partial charge in [0, 0.05) is 51.4 Å². The maximum absolute atomic E-state index is 12.0. The van der Waals surface area contributed by atoms with Gasteiger partial charge in [-0.05, 0) is 0 Å². The zero-order valence-electron chi connectivity index (χ0n) is 11.7. The predicted molar refractivity (Wildman–Crippen MR) is 81.4 cm³/mol. The Morgan fingerprint density at radius 2 is 2.35 bits per heavy atom. The molecule has 116 valence electrons. The minimum absolute atomic E-state index is 0. The molecular weight excluding hydrogens is 303 g/mol. The zero-order chi connectivity index (χ0) is 13.0. The first kappa shape index (κ1) is 19.2. The van der Waals surface area contributed by atoms with E-state index in [1.807, 2.05) is 20.3 Å². The molecule has 1 aliphatic heterocycles. The smallest absolute Gasteiger partial charge is 0.224 e. The van der Waals surface area contributed by atoms with Crippen molar-refractivity contribution in [1.82, 2.24) is 20.0 Å². The standard InChI is InChI=1S/C12H20N4O2.2ClH/c1-15(7-10-6-14-16(2)8-10)12(17)5-11-9-18-4-3-13-11;;/h6,8,11,13H,3-5,7,9H2,1-2H3;2*1H. The third kappa shape index (κ3) is 5.66. The Balaban J connectivity index is 0.00000180. The molecular formula is C12H22Cl2N4O2. The van der Waals surface area contributed by atoms with Gasteiger partial charge in [-0.15, -0.1) is 24.8 Å². The Kier molecular flexibility index (Phi) is 8.80. The Morgan fingerprint density at radius 3 is 2.90 bits per heavy atom. The number of hydrogen-bond acceptors (Lipinski definition) is 4. The van der Waals surface area contributed by atoms with Crippen LogP contribution in [-0.4, -0.2) is 53.4 Å². The molecule has 1 saturated heterocycles. The lowest BCUT2D eigenvalue weighted by Crippen LogP contribution is -2.44. The van der Waals surface area contributed by atoms with Gasteiger partial charge in [-0.2, -0.15) is 5.10 Å². The summed E-state index contributed by atoms with van der Waals surface area (Å²) in [6, 6.07) is 0.141. The van der Waals surface area contributed by atoms with Crippen molar-refractivity contribution < 1.29 is 9.53 Å². The summed E-state index contributed by atoms with van der Waals surface area (Å²) in [4.78, 5) is 13.8. The predicted octanol–water partition coefficient (Wildman–Crippen LogP) is 0.601. The third-order valence-corrected chi connectivity index (χ3v) is 3.02. The van der Waals surface area contributed by atoms with E-state index < -0.39 is 0 Å². The van der Waals surface area contributed by atoms with Gasteiger partial charge in [-0.25, -0.2) is 0 Å². The number of nitrogens with one attached hydrogen (secondary N) is 1. The average molecular weight is 325 g/mol. The van der Waals surface area contributed by atoms with E-state index in [0.29, 0.717) is 19.6 Å². The Hall–Kier alpha value is -0.820. The van der Waals surface area contributed by atoms with Crippen LogP contribution in [0.25, 0.3) is 0 Å². The highest BCUT2D eigenvalue weighted by atomic mass is 35.5. The molecule has 6 nitrogen and oxygen atoms in total. The maximum Gasteiger partial charge on any atom is 0.224 e. The number of morpholine rings is 1. The molecule has 1 unspecified atom stereocenters. The number of ether oxygens (including phenoxy) is 1. The number of aromatic nitrogens is 2. The van der Waals surface area contributed by atoms with Crippen molar-refractivity contribution in [2.75, 3.05) is 26.8 Å². The van der Waals surface area contributed by atoms with Crippen LogP contribution in [0.5, 0.6) is 0 Å². The molecule has 0 aromatic carbocycles. The van der Waals surface area contributed by atoms with Crippen LogP contribution in [0.2, 0.25) is 0 Å². The molecule has 1 N–H and O–H groups in total. The number of halogens is 2. The fourth-order valence-electron chi connectivity index (χ4n) is 2.03. The number of aryl methyl sites for hydroxylation is 1. The summed E-state index contributed by atoms with van der Waals surface area (Å²) >= 11 is 0. The normalized spacial score (nSPS) is 17.8. The minimum atomic E-state index is 0. The van der Waals surface area contributed by atoms with Crippen molar-refractivity contribution >= 4 is 30.7 Å². The average Bonchev–Trinajstić information content (AvgIpc) is 2.76. The van der Waals surface area contributed by atoms with Crippen LogP contribution < -0.4 is 5.32 Å². The number of nitrogens with zero attached hydrogens (tertiary/aromatic N) is 3. The summed E-state index contributed by atoms with van der Waals surface area (Å²) in [6.45, 7) is 2.77. The molecule has 2 rings (SSSR count). The van der Waals surface area contributed by atoms with Gasteiger partial charge >= 0.3 is 0 Å². The van der Waals surface area contributed by atoms with Crippen LogP contribution in [0.1, 0.15) is 12.0 Å². The van der Waals surface area contributed by atoms with E-state index in [0.717, 1.165) is 18.7 Å². The molecule has 1 aromatic rings. The van der Waals surface area contributed by atoms with Crippen molar-refractivity contribution in [3.8, 4) is 0 Å². The van der Waals surface area contributed by atoms with E-state index in [1.165, 1.54) is 0 Å². The Labute approximate surface area is 131 Å². The summed E-state index contributed by atoms with van der Waals surface area (Å²) in [5.74, 6) is 0.127. The van der Waals surface area contributed by atoms with E-state index in [9.17, 15) is 4.79 Å². The minimum Gasteiger partial charge on any atom is -0.378 e. The van der Waals surface area contributed by atoms with Crippen LogP contribution in [-0.2, 0) is 23.1 Å². The number of carbonyl (C=O) groups is 1. The van der Waals surface area contributed by atoms with Crippen LogP contribution in [0.15, 0.2) is 12.4 Å². The summed E-state index contributed by atoms with van der Waals surface area (Å²) in [5.41, 5.74) is 1.04. The molecule has 0 saturated carbocycles. The Morgan fingerprint density at radius 1 is 1.60 bits per heavy atom. The van der Waals surface area contributed by atoms with Gasteiger partial charge in [-0.3, -0.25) is 9.48 Å². The quantitative estimate of drug-likeness (QED) is 0.881. The van der Waals surface area contributed by atoms with E-state index in [1.54, 1.807) is 15.8 Å². The number of amides is 1. The van der Waals surface area contributed by atoms with E-state index in [4.69, 9.17) is 4.74 Å². The molecule has 1 amide bonds. The summed E-state index contributed by atoms with van der Waals surface area (Å²) in [5, 5.41) is 7.37. The van der Waals surface area contributed by atoms with E-state index in [2.05, 4.69) is 10.4 Å².